The molecule has 6 aromatic rings. The van der Waals surface area contributed by atoms with Crippen LogP contribution < -0.4 is 4.90 Å². The van der Waals surface area contributed by atoms with Crippen molar-refractivity contribution in [2.24, 2.45) is 5.92 Å². The minimum Gasteiger partial charge on any atom is -0.334 e. The summed E-state index contributed by atoms with van der Waals surface area (Å²) in [6, 6.07) is 57.6. The Morgan fingerprint density at radius 2 is 1.02 bits per heavy atom. The summed E-state index contributed by atoms with van der Waals surface area (Å²) in [5.74, 6) is 0.979. The predicted molar refractivity (Wildman–Crippen MR) is 213 cm³/mol. The van der Waals surface area contributed by atoms with Gasteiger partial charge in [0.05, 0.1) is 6.04 Å². The molecule has 4 unspecified atom stereocenters. The number of allylic oxidation sites excluding steroid dienone is 3. The average Bonchev–Trinajstić information content (AvgIpc) is 3.57. The van der Waals surface area contributed by atoms with E-state index in [2.05, 4.69) is 193 Å². The van der Waals surface area contributed by atoms with Crippen molar-refractivity contribution in [2.45, 2.75) is 34.9 Å². The van der Waals surface area contributed by atoms with E-state index in [1.165, 1.54) is 60.8 Å². The zero-order chi connectivity index (χ0) is 33.3. The first-order chi connectivity index (χ1) is 24.8. The van der Waals surface area contributed by atoms with Crippen molar-refractivity contribution < 1.29 is 0 Å². The van der Waals surface area contributed by atoms with Gasteiger partial charge in [-0.25, -0.2) is 0 Å². The molecule has 0 aromatic heterocycles. The fourth-order valence-electron chi connectivity index (χ4n) is 7.95. The second kappa shape index (κ2) is 13.5. The quantitative estimate of drug-likeness (QED) is 0.157. The molecule has 50 heavy (non-hydrogen) atoms. The van der Waals surface area contributed by atoms with Gasteiger partial charge in [0, 0.05) is 33.4 Å². The highest BCUT2D eigenvalue weighted by Crippen LogP contribution is 2.53. The van der Waals surface area contributed by atoms with Crippen molar-refractivity contribution in [1.82, 2.24) is 0 Å². The van der Waals surface area contributed by atoms with E-state index in [9.17, 15) is 0 Å². The summed E-state index contributed by atoms with van der Waals surface area (Å²) in [7, 11) is 0. The molecule has 0 saturated carbocycles. The Morgan fingerprint density at radius 3 is 1.56 bits per heavy atom. The summed E-state index contributed by atoms with van der Waals surface area (Å²) in [6.07, 6.45) is 14.5. The second-order valence-electron chi connectivity index (χ2n) is 13.6. The first-order valence-electron chi connectivity index (χ1n) is 17.8. The van der Waals surface area contributed by atoms with Crippen molar-refractivity contribution in [3.8, 4) is 33.4 Å². The standard InChI is InChI=1S/C48H39NS/c1-4-10-34(11-5-1)37-16-24-42(25-17-37)49(43-26-18-38(19-27-43)35-12-6-2-7-13-35)44-28-20-39(21-29-44)41-23-31-48-46(33-41)45-32-40(22-30-47(45)50-48)36-14-8-3-9-15-36/h1-28,30-32,41,44,46,48H,29,33H2. The molecule has 1 heterocycles. The van der Waals surface area contributed by atoms with Gasteiger partial charge in [-0.2, -0.15) is 0 Å². The van der Waals surface area contributed by atoms with Crippen LogP contribution in [-0.4, -0.2) is 11.3 Å². The highest BCUT2D eigenvalue weighted by molar-refractivity contribution is 8.00. The number of anilines is 2. The molecule has 0 saturated heterocycles. The van der Waals surface area contributed by atoms with Gasteiger partial charge in [-0.3, -0.25) is 0 Å². The lowest BCUT2D eigenvalue weighted by Gasteiger charge is -2.35. The topological polar surface area (TPSA) is 3.24 Å². The monoisotopic (exact) mass is 661 g/mol. The number of nitrogens with zero attached hydrogens (tertiary/aromatic N) is 1. The molecule has 1 nitrogen and oxygen atoms in total. The smallest absolute Gasteiger partial charge is 0.0560 e. The molecule has 0 fully saturated rings. The normalized spacial score (nSPS) is 20.5. The molecule has 0 bridgehead atoms. The van der Waals surface area contributed by atoms with Crippen LogP contribution in [0, 0.1) is 5.92 Å². The molecule has 1 aliphatic heterocycles. The molecule has 2 aliphatic carbocycles. The van der Waals surface area contributed by atoms with Crippen LogP contribution >= 0.6 is 11.8 Å². The van der Waals surface area contributed by atoms with Gasteiger partial charge < -0.3 is 4.90 Å². The Morgan fingerprint density at radius 1 is 0.500 bits per heavy atom. The minimum atomic E-state index is 0.223. The molecular weight excluding hydrogens is 623 g/mol. The summed E-state index contributed by atoms with van der Waals surface area (Å²) in [5, 5.41) is 0.529. The summed E-state index contributed by atoms with van der Waals surface area (Å²) in [5.41, 5.74) is 13.0. The number of fused-ring (bicyclic) bond motifs is 3. The molecule has 0 radical (unpaired) electrons. The molecule has 6 aromatic carbocycles. The zero-order valence-electron chi connectivity index (χ0n) is 28.0. The Bertz CT molecular complexity index is 2100. The van der Waals surface area contributed by atoms with Crippen LogP contribution in [-0.2, 0) is 0 Å². The molecule has 0 amide bonds. The van der Waals surface area contributed by atoms with E-state index in [4.69, 9.17) is 0 Å². The molecule has 9 rings (SSSR count). The summed E-state index contributed by atoms with van der Waals surface area (Å²) >= 11 is 2.04. The van der Waals surface area contributed by atoms with E-state index >= 15 is 0 Å². The van der Waals surface area contributed by atoms with E-state index in [1.807, 2.05) is 11.8 Å². The van der Waals surface area contributed by atoms with Crippen molar-refractivity contribution >= 4 is 23.1 Å². The van der Waals surface area contributed by atoms with Gasteiger partial charge in [0.15, 0.2) is 0 Å². The maximum Gasteiger partial charge on any atom is 0.0560 e. The van der Waals surface area contributed by atoms with Gasteiger partial charge in [0.1, 0.15) is 0 Å². The van der Waals surface area contributed by atoms with Gasteiger partial charge >= 0.3 is 0 Å². The van der Waals surface area contributed by atoms with Crippen LogP contribution in [0.3, 0.4) is 0 Å². The van der Waals surface area contributed by atoms with Gasteiger partial charge in [-0.1, -0.05) is 152 Å². The van der Waals surface area contributed by atoms with E-state index in [-0.39, 0.29) is 6.04 Å². The summed E-state index contributed by atoms with van der Waals surface area (Å²) in [6.45, 7) is 0. The summed E-state index contributed by atoms with van der Waals surface area (Å²) in [4.78, 5) is 3.96. The molecule has 0 spiro atoms. The highest BCUT2D eigenvalue weighted by atomic mass is 32.2. The fourth-order valence-corrected chi connectivity index (χ4v) is 9.33. The average molecular weight is 662 g/mol. The molecule has 3 aliphatic rings. The van der Waals surface area contributed by atoms with E-state index in [0.29, 0.717) is 17.1 Å². The lowest BCUT2D eigenvalue weighted by atomic mass is 9.77. The third-order valence-electron chi connectivity index (χ3n) is 10.6. The molecule has 242 valence electrons. The van der Waals surface area contributed by atoms with Crippen molar-refractivity contribution in [3.63, 3.8) is 0 Å². The van der Waals surface area contributed by atoms with Gasteiger partial charge in [0.2, 0.25) is 0 Å². The Balaban J connectivity index is 0.975. The Hall–Kier alpha value is -5.31. The van der Waals surface area contributed by atoms with Crippen molar-refractivity contribution in [2.75, 3.05) is 4.90 Å². The number of thioether (sulfide) groups is 1. The van der Waals surface area contributed by atoms with Crippen LogP contribution in [0.25, 0.3) is 33.4 Å². The van der Waals surface area contributed by atoms with Crippen LogP contribution in [0.2, 0.25) is 0 Å². The first-order valence-corrected chi connectivity index (χ1v) is 18.7. The minimum absolute atomic E-state index is 0.223. The number of hydrogen-bond donors (Lipinski definition) is 0. The lowest BCUT2D eigenvalue weighted by molar-refractivity contribution is 0.545. The summed E-state index contributed by atoms with van der Waals surface area (Å²) < 4.78 is 0. The largest absolute Gasteiger partial charge is 0.334 e. The molecule has 0 N–H and O–H groups in total. The van der Waals surface area contributed by atoms with Crippen molar-refractivity contribution in [3.05, 3.63) is 199 Å². The van der Waals surface area contributed by atoms with Gasteiger partial charge in [-0.05, 0) is 93.8 Å². The number of benzene rings is 6. The Labute approximate surface area is 300 Å². The molecule has 4 atom stereocenters. The third-order valence-corrected chi connectivity index (χ3v) is 12.0. The van der Waals surface area contributed by atoms with Gasteiger partial charge in [-0.15, -0.1) is 11.8 Å². The highest BCUT2D eigenvalue weighted by Gasteiger charge is 2.37. The fraction of sp³-hybridized carbons (Fsp3) is 0.125. The molecule has 2 heteroatoms. The second-order valence-corrected chi connectivity index (χ2v) is 14.8. The maximum atomic E-state index is 2.51. The number of rotatable bonds is 7. The van der Waals surface area contributed by atoms with Crippen LogP contribution in [0.15, 0.2) is 199 Å². The maximum absolute atomic E-state index is 2.51. The van der Waals surface area contributed by atoms with Crippen molar-refractivity contribution in [1.29, 1.82) is 0 Å². The Kier molecular flexibility index (Phi) is 8.32. The van der Waals surface area contributed by atoms with Crippen LogP contribution in [0.5, 0.6) is 0 Å². The number of hydrogen-bond acceptors (Lipinski definition) is 2. The molecular formula is C48H39NS. The zero-order valence-corrected chi connectivity index (χ0v) is 28.8. The van der Waals surface area contributed by atoms with Crippen LogP contribution in [0.4, 0.5) is 11.4 Å². The van der Waals surface area contributed by atoms with E-state index in [0.717, 1.165) is 12.8 Å². The van der Waals surface area contributed by atoms with E-state index < -0.39 is 0 Å². The lowest BCUT2D eigenvalue weighted by Crippen LogP contribution is -2.30. The van der Waals surface area contributed by atoms with Gasteiger partial charge in [0.25, 0.3) is 0 Å². The van der Waals surface area contributed by atoms with E-state index in [1.54, 1.807) is 0 Å². The predicted octanol–water partition coefficient (Wildman–Crippen LogP) is 12.9. The van der Waals surface area contributed by atoms with Crippen LogP contribution in [0.1, 0.15) is 24.3 Å². The SMILES string of the molecule is C1=CC(N(c2ccc(-c3ccccc3)cc2)c2ccc(-c3ccccc3)cc2)CC=C1C1C=CC2Sc3ccc(-c4ccccc4)cc3C2C1. The third kappa shape index (κ3) is 6.06. The first kappa shape index (κ1) is 30.7.